The molecule has 4 rings (SSSR count). The first-order valence-electron chi connectivity index (χ1n) is 10.3. The number of methoxy groups -OCH3 is 1. The molecule has 30 heavy (non-hydrogen) atoms. The zero-order valence-corrected chi connectivity index (χ0v) is 17.2. The molecule has 1 saturated heterocycles. The Hall–Kier alpha value is -3.03. The molecule has 0 spiro atoms. The Balaban J connectivity index is 1.52. The van der Waals surface area contributed by atoms with Crippen LogP contribution in [0.4, 0.5) is 5.69 Å². The summed E-state index contributed by atoms with van der Waals surface area (Å²) in [4.78, 5) is 19.8. The molecule has 1 aliphatic heterocycles. The molecule has 2 heterocycles. The molecule has 1 aliphatic rings. The normalized spacial score (nSPS) is 16.0. The lowest BCUT2D eigenvalue weighted by Gasteiger charge is -2.39. The molecule has 158 valence electrons. The van der Waals surface area contributed by atoms with Crippen LogP contribution in [-0.2, 0) is 11.2 Å². The fraction of sp³-hybridized carbons (Fsp3) is 0.348. The van der Waals surface area contributed by atoms with Gasteiger partial charge in [0.05, 0.1) is 7.11 Å². The van der Waals surface area contributed by atoms with E-state index in [-0.39, 0.29) is 0 Å². The number of nitrogens with one attached hydrogen (secondary N) is 1. The molecule has 2 aromatic carbocycles. The van der Waals surface area contributed by atoms with Gasteiger partial charge in [0.2, 0.25) is 0 Å². The van der Waals surface area contributed by atoms with Crippen molar-refractivity contribution in [3.63, 3.8) is 0 Å². The second-order valence-electron chi connectivity index (χ2n) is 7.62. The smallest absolute Gasteiger partial charge is 0.325 e. The first-order chi connectivity index (χ1) is 14.6. The molecule has 0 amide bonds. The molecule has 7 nitrogen and oxygen atoms in total. The van der Waals surface area contributed by atoms with Crippen molar-refractivity contribution in [2.45, 2.75) is 12.5 Å². The SMILES string of the molecule is COc1ccc(N2CCN(C(C(=O)O)c3ccc4[nH]cc(CCN)c4c3)CC2)cc1. The van der Waals surface area contributed by atoms with Gasteiger partial charge in [-0.1, -0.05) is 6.07 Å². The predicted octanol–water partition coefficient (Wildman–Crippen LogP) is 2.63. The van der Waals surface area contributed by atoms with E-state index < -0.39 is 12.0 Å². The van der Waals surface area contributed by atoms with Crippen LogP contribution in [0.2, 0.25) is 0 Å². The number of nitrogens with two attached hydrogens (primary N) is 1. The second-order valence-corrected chi connectivity index (χ2v) is 7.62. The Morgan fingerprint density at radius 3 is 2.53 bits per heavy atom. The van der Waals surface area contributed by atoms with Crippen LogP contribution in [0.25, 0.3) is 10.9 Å². The number of hydrogen-bond donors (Lipinski definition) is 3. The van der Waals surface area contributed by atoms with E-state index in [1.807, 2.05) is 48.7 Å². The van der Waals surface area contributed by atoms with E-state index in [9.17, 15) is 9.90 Å². The Morgan fingerprint density at radius 1 is 1.17 bits per heavy atom. The first-order valence-corrected chi connectivity index (χ1v) is 10.3. The monoisotopic (exact) mass is 408 g/mol. The van der Waals surface area contributed by atoms with Crippen LogP contribution in [0.1, 0.15) is 17.2 Å². The highest BCUT2D eigenvalue weighted by Gasteiger charge is 2.30. The van der Waals surface area contributed by atoms with Crippen LogP contribution in [0.15, 0.2) is 48.7 Å². The van der Waals surface area contributed by atoms with Crippen molar-refractivity contribution in [3.05, 3.63) is 59.8 Å². The highest BCUT2D eigenvalue weighted by atomic mass is 16.5. The molecule has 4 N–H and O–H groups in total. The lowest BCUT2D eigenvalue weighted by molar-refractivity contribution is -0.143. The van der Waals surface area contributed by atoms with E-state index in [1.54, 1.807) is 7.11 Å². The summed E-state index contributed by atoms with van der Waals surface area (Å²) < 4.78 is 5.23. The van der Waals surface area contributed by atoms with Crippen molar-refractivity contribution in [2.24, 2.45) is 5.73 Å². The van der Waals surface area contributed by atoms with E-state index in [4.69, 9.17) is 10.5 Å². The third-order valence-corrected chi connectivity index (χ3v) is 5.87. The minimum atomic E-state index is -0.817. The summed E-state index contributed by atoms with van der Waals surface area (Å²) in [5.74, 6) is 0.0145. The summed E-state index contributed by atoms with van der Waals surface area (Å²) >= 11 is 0. The Labute approximate surface area is 176 Å². The quantitative estimate of drug-likeness (QED) is 0.556. The Morgan fingerprint density at radius 2 is 1.90 bits per heavy atom. The van der Waals surface area contributed by atoms with E-state index in [1.165, 1.54) is 0 Å². The molecule has 0 saturated carbocycles. The highest BCUT2D eigenvalue weighted by Crippen LogP contribution is 2.29. The van der Waals surface area contributed by atoms with E-state index in [0.29, 0.717) is 19.6 Å². The van der Waals surface area contributed by atoms with Crippen molar-refractivity contribution >= 4 is 22.6 Å². The van der Waals surface area contributed by atoms with Gasteiger partial charge in [0.1, 0.15) is 11.8 Å². The van der Waals surface area contributed by atoms with Crippen molar-refractivity contribution in [3.8, 4) is 5.75 Å². The van der Waals surface area contributed by atoms with Gasteiger partial charge in [-0.05, 0) is 60.5 Å². The van der Waals surface area contributed by atoms with Crippen molar-refractivity contribution in [1.29, 1.82) is 0 Å². The molecule has 0 aliphatic carbocycles. The number of carboxylic acid groups (broad SMARTS) is 1. The van der Waals surface area contributed by atoms with Gasteiger partial charge in [-0.25, -0.2) is 0 Å². The van der Waals surface area contributed by atoms with Gasteiger partial charge in [0, 0.05) is 49.0 Å². The molecule has 0 bridgehead atoms. The molecule has 3 aromatic rings. The summed E-state index contributed by atoms with van der Waals surface area (Å²) in [7, 11) is 1.66. The summed E-state index contributed by atoms with van der Waals surface area (Å²) in [6, 6.07) is 13.2. The number of rotatable bonds is 7. The van der Waals surface area contributed by atoms with Crippen LogP contribution in [0.3, 0.4) is 0 Å². The number of aromatic amines is 1. The fourth-order valence-electron chi connectivity index (χ4n) is 4.27. The number of benzene rings is 2. The van der Waals surface area contributed by atoms with E-state index >= 15 is 0 Å². The van der Waals surface area contributed by atoms with Gasteiger partial charge in [-0.2, -0.15) is 0 Å². The van der Waals surface area contributed by atoms with Crippen molar-refractivity contribution in [2.75, 3.05) is 44.7 Å². The maximum atomic E-state index is 12.2. The zero-order chi connectivity index (χ0) is 21.1. The molecule has 1 unspecified atom stereocenters. The highest BCUT2D eigenvalue weighted by molar-refractivity contribution is 5.86. The number of carboxylic acids is 1. The molecule has 1 atom stereocenters. The number of carbonyl (C=O) groups is 1. The zero-order valence-electron chi connectivity index (χ0n) is 17.2. The number of hydrogen-bond acceptors (Lipinski definition) is 5. The van der Waals surface area contributed by atoms with Crippen LogP contribution in [0, 0.1) is 0 Å². The van der Waals surface area contributed by atoms with Crippen LogP contribution < -0.4 is 15.4 Å². The number of anilines is 1. The number of fused-ring (bicyclic) bond motifs is 1. The van der Waals surface area contributed by atoms with E-state index in [2.05, 4.69) is 14.8 Å². The van der Waals surface area contributed by atoms with Gasteiger partial charge >= 0.3 is 5.97 Å². The van der Waals surface area contributed by atoms with Crippen LogP contribution in [0.5, 0.6) is 5.75 Å². The van der Waals surface area contributed by atoms with Gasteiger partial charge in [0.15, 0.2) is 0 Å². The molecule has 0 radical (unpaired) electrons. The minimum absolute atomic E-state index is 0.562. The first kappa shape index (κ1) is 20.3. The standard InChI is InChI=1S/C23H28N4O3/c1-30-19-5-3-18(4-6-19)26-10-12-27(13-11-26)22(23(28)29)16-2-7-21-20(14-16)17(8-9-24)15-25-21/h2-7,14-15,22,25H,8-13,24H2,1H3,(H,28,29). The molecule has 1 fully saturated rings. The average molecular weight is 409 g/mol. The summed E-state index contributed by atoms with van der Waals surface area (Å²) in [5.41, 5.74) is 9.80. The predicted molar refractivity (Wildman–Crippen MR) is 118 cm³/mol. The van der Waals surface area contributed by atoms with Crippen molar-refractivity contribution in [1.82, 2.24) is 9.88 Å². The van der Waals surface area contributed by atoms with Crippen LogP contribution in [-0.4, -0.2) is 60.8 Å². The summed E-state index contributed by atoms with van der Waals surface area (Å²) in [5, 5.41) is 11.1. The largest absolute Gasteiger partial charge is 0.497 e. The van der Waals surface area contributed by atoms with E-state index in [0.717, 1.165) is 53.0 Å². The maximum absolute atomic E-state index is 12.2. The lowest BCUT2D eigenvalue weighted by atomic mass is 10.0. The Kier molecular flexibility index (Phi) is 5.92. The third-order valence-electron chi connectivity index (χ3n) is 5.87. The minimum Gasteiger partial charge on any atom is -0.497 e. The number of aliphatic carboxylic acids is 1. The van der Waals surface area contributed by atoms with Gasteiger partial charge < -0.3 is 25.5 Å². The van der Waals surface area contributed by atoms with Gasteiger partial charge in [0.25, 0.3) is 0 Å². The lowest BCUT2D eigenvalue weighted by Crippen LogP contribution is -2.49. The number of aromatic nitrogens is 1. The summed E-state index contributed by atoms with van der Waals surface area (Å²) in [6.07, 6.45) is 2.73. The van der Waals surface area contributed by atoms with Crippen LogP contribution >= 0.6 is 0 Å². The third kappa shape index (κ3) is 3.99. The van der Waals surface area contributed by atoms with Gasteiger partial charge in [-0.15, -0.1) is 0 Å². The van der Waals surface area contributed by atoms with Crippen molar-refractivity contribution < 1.29 is 14.6 Å². The second kappa shape index (κ2) is 8.77. The average Bonchev–Trinajstić information content (AvgIpc) is 3.17. The van der Waals surface area contributed by atoms with Gasteiger partial charge in [-0.3, -0.25) is 9.69 Å². The topological polar surface area (TPSA) is 94.8 Å². The number of H-pyrrole nitrogens is 1. The fourth-order valence-corrected chi connectivity index (χ4v) is 4.27. The summed E-state index contributed by atoms with van der Waals surface area (Å²) in [6.45, 7) is 3.49. The number of piperazine rings is 1. The molecule has 7 heteroatoms. The Bertz CT molecular complexity index is 1010. The number of nitrogens with zero attached hydrogens (tertiary/aromatic N) is 2. The molecular weight excluding hydrogens is 380 g/mol. The molecular formula is C23H28N4O3. The molecule has 1 aromatic heterocycles. The maximum Gasteiger partial charge on any atom is 0.325 e. The number of ether oxygens (including phenoxy) is 1.